The number of aromatic nitrogens is 2. The average molecular weight is 337 g/mol. The first-order valence-electron chi connectivity index (χ1n) is 8.27. The molecule has 0 fully saturated rings. The molecule has 1 heterocycles. The minimum Gasteiger partial charge on any atom is -0.497 e. The largest absolute Gasteiger partial charge is 0.497 e. The molecule has 0 radical (unpaired) electrons. The fourth-order valence-electron chi connectivity index (χ4n) is 2.80. The third kappa shape index (κ3) is 4.26. The summed E-state index contributed by atoms with van der Waals surface area (Å²) in [5, 5.41) is 10.7. The van der Waals surface area contributed by atoms with Crippen LogP contribution >= 0.6 is 0 Å². The van der Waals surface area contributed by atoms with Crippen LogP contribution in [0, 0.1) is 0 Å². The molecular weight excluding hydrogens is 314 g/mol. The first-order chi connectivity index (χ1) is 12.3. The van der Waals surface area contributed by atoms with Gasteiger partial charge in [-0.05, 0) is 29.8 Å². The van der Waals surface area contributed by atoms with Crippen LogP contribution in [0.5, 0.6) is 5.75 Å². The fourth-order valence-corrected chi connectivity index (χ4v) is 2.80. The second kappa shape index (κ2) is 8.46. The Morgan fingerprint density at radius 2 is 1.80 bits per heavy atom. The zero-order valence-electron chi connectivity index (χ0n) is 14.5. The van der Waals surface area contributed by atoms with Gasteiger partial charge in [-0.3, -0.25) is 5.10 Å². The van der Waals surface area contributed by atoms with Gasteiger partial charge in [-0.25, -0.2) is 0 Å². The minimum absolute atomic E-state index is 0.0255. The van der Waals surface area contributed by atoms with Crippen molar-refractivity contribution < 1.29 is 9.47 Å². The van der Waals surface area contributed by atoms with Crippen molar-refractivity contribution in [1.29, 1.82) is 0 Å². The van der Waals surface area contributed by atoms with E-state index in [0.717, 1.165) is 29.1 Å². The lowest BCUT2D eigenvalue weighted by atomic mass is 10.1. The van der Waals surface area contributed by atoms with Crippen molar-refractivity contribution in [3.05, 3.63) is 71.9 Å². The Morgan fingerprint density at radius 3 is 2.48 bits per heavy atom. The van der Waals surface area contributed by atoms with Gasteiger partial charge in [0.05, 0.1) is 25.1 Å². The number of benzene rings is 2. The van der Waals surface area contributed by atoms with Crippen LogP contribution in [0.1, 0.15) is 17.2 Å². The average Bonchev–Trinajstić information content (AvgIpc) is 3.14. The van der Waals surface area contributed by atoms with Crippen LogP contribution in [0.25, 0.3) is 11.3 Å². The van der Waals surface area contributed by atoms with Gasteiger partial charge in [0.15, 0.2) is 0 Å². The molecule has 1 aromatic heterocycles. The Bertz CT molecular complexity index is 769. The standard InChI is InChI=1S/C20H23N3O2/c1-24-18-10-8-16(9-11-18)20-17(13-22-23-20)12-21-14-19(25-2)15-6-4-3-5-7-15/h3-11,13,19,21H,12,14H2,1-2H3,(H,22,23)/t19-/m0/s1. The number of nitrogens with one attached hydrogen (secondary N) is 2. The molecule has 0 saturated carbocycles. The van der Waals surface area contributed by atoms with E-state index in [4.69, 9.17) is 9.47 Å². The van der Waals surface area contributed by atoms with E-state index in [2.05, 4.69) is 27.6 Å². The van der Waals surface area contributed by atoms with Gasteiger partial charge in [0.2, 0.25) is 0 Å². The quantitative estimate of drug-likeness (QED) is 0.660. The van der Waals surface area contributed by atoms with Crippen molar-refractivity contribution in [2.75, 3.05) is 20.8 Å². The number of rotatable bonds is 8. The summed E-state index contributed by atoms with van der Waals surface area (Å²) < 4.78 is 10.8. The molecule has 0 unspecified atom stereocenters. The number of hydrogen-bond acceptors (Lipinski definition) is 4. The maximum Gasteiger partial charge on any atom is 0.118 e. The molecule has 0 saturated heterocycles. The van der Waals surface area contributed by atoms with Gasteiger partial charge in [0, 0.05) is 31.3 Å². The van der Waals surface area contributed by atoms with E-state index in [1.54, 1.807) is 14.2 Å². The van der Waals surface area contributed by atoms with Crippen molar-refractivity contribution in [3.8, 4) is 17.0 Å². The summed E-state index contributed by atoms with van der Waals surface area (Å²) in [4.78, 5) is 0. The fraction of sp³-hybridized carbons (Fsp3) is 0.250. The van der Waals surface area contributed by atoms with Crippen molar-refractivity contribution in [2.45, 2.75) is 12.6 Å². The van der Waals surface area contributed by atoms with Gasteiger partial charge in [0.1, 0.15) is 5.75 Å². The molecule has 3 rings (SSSR count). The minimum atomic E-state index is 0.0255. The van der Waals surface area contributed by atoms with Gasteiger partial charge in [0.25, 0.3) is 0 Å². The summed E-state index contributed by atoms with van der Waals surface area (Å²) in [6, 6.07) is 18.2. The maximum atomic E-state index is 5.60. The first kappa shape index (κ1) is 17.2. The molecule has 130 valence electrons. The molecular formula is C20H23N3O2. The second-order valence-electron chi connectivity index (χ2n) is 5.76. The van der Waals surface area contributed by atoms with Crippen LogP contribution in [0.15, 0.2) is 60.8 Å². The Labute approximate surface area is 148 Å². The zero-order valence-corrected chi connectivity index (χ0v) is 14.5. The third-order valence-electron chi connectivity index (χ3n) is 4.20. The highest BCUT2D eigenvalue weighted by molar-refractivity contribution is 5.63. The van der Waals surface area contributed by atoms with Gasteiger partial charge in [-0.2, -0.15) is 5.10 Å². The molecule has 0 aliphatic carbocycles. The predicted molar refractivity (Wildman–Crippen MR) is 98.5 cm³/mol. The van der Waals surface area contributed by atoms with E-state index in [0.29, 0.717) is 6.54 Å². The van der Waals surface area contributed by atoms with Crippen LogP contribution in [-0.4, -0.2) is 31.0 Å². The van der Waals surface area contributed by atoms with E-state index in [9.17, 15) is 0 Å². The number of H-pyrrole nitrogens is 1. The third-order valence-corrected chi connectivity index (χ3v) is 4.20. The van der Waals surface area contributed by atoms with Crippen molar-refractivity contribution in [1.82, 2.24) is 15.5 Å². The molecule has 1 atom stereocenters. The summed E-state index contributed by atoms with van der Waals surface area (Å²) in [6.45, 7) is 1.44. The highest BCUT2D eigenvalue weighted by Crippen LogP contribution is 2.24. The number of methoxy groups -OCH3 is 2. The molecule has 5 heteroatoms. The monoisotopic (exact) mass is 337 g/mol. The smallest absolute Gasteiger partial charge is 0.118 e. The predicted octanol–water partition coefficient (Wildman–Crippen LogP) is 3.56. The summed E-state index contributed by atoms with van der Waals surface area (Å²) >= 11 is 0. The number of hydrogen-bond donors (Lipinski definition) is 2. The lowest BCUT2D eigenvalue weighted by molar-refractivity contribution is 0.102. The Morgan fingerprint density at radius 1 is 1.04 bits per heavy atom. The molecule has 25 heavy (non-hydrogen) atoms. The number of aromatic amines is 1. The molecule has 2 aromatic carbocycles. The highest BCUT2D eigenvalue weighted by atomic mass is 16.5. The molecule has 0 spiro atoms. The van der Waals surface area contributed by atoms with Crippen molar-refractivity contribution in [3.63, 3.8) is 0 Å². The molecule has 2 N–H and O–H groups in total. The molecule has 5 nitrogen and oxygen atoms in total. The topological polar surface area (TPSA) is 59.2 Å². The first-order valence-corrected chi connectivity index (χ1v) is 8.27. The molecule has 0 amide bonds. The molecule has 0 bridgehead atoms. The van der Waals surface area contributed by atoms with E-state index >= 15 is 0 Å². The lowest BCUT2D eigenvalue weighted by Gasteiger charge is -2.16. The van der Waals surface area contributed by atoms with Crippen LogP contribution in [-0.2, 0) is 11.3 Å². The van der Waals surface area contributed by atoms with Gasteiger partial charge in [-0.1, -0.05) is 30.3 Å². The van der Waals surface area contributed by atoms with E-state index in [1.165, 1.54) is 5.56 Å². The van der Waals surface area contributed by atoms with Crippen molar-refractivity contribution in [2.24, 2.45) is 0 Å². The van der Waals surface area contributed by atoms with Crippen LogP contribution in [0.3, 0.4) is 0 Å². The lowest BCUT2D eigenvalue weighted by Crippen LogP contribution is -2.22. The summed E-state index contributed by atoms with van der Waals surface area (Å²) in [7, 11) is 3.40. The van der Waals surface area contributed by atoms with Crippen LogP contribution in [0.4, 0.5) is 0 Å². The maximum absolute atomic E-state index is 5.60. The molecule has 3 aromatic rings. The Balaban J connectivity index is 1.63. The summed E-state index contributed by atoms with van der Waals surface area (Å²) in [5.41, 5.74) is 4.39. The highest BCUT2D eigenvalue weighted by Gasteiger charge is 2.11. The van der Waals surface area contributed by atoms with Gasteiger partial charge < -0.3 is 14.8 Å². The van der Waals surface area contributed by atoms with E-state index < -0.39 is 0 Å². The van der Waals surface area contributed by atoms with E-state index in [1.807, 2.05) is 48.7 Å². The van der Waals surface area contributed by atoms with Gasteiger partial charge >= 0.3 is 0 Å². The van der Waals surface area contributed by atoms with Crippen LogP contribution in [0.2, 0.25) is 0 Å². The number of ether oxygens (including phenoxy) is 2. The van der Waals surface area contributed by atoms with Gasteiger partial charge in [-0.15, -0.1) is 0 Å². The summed E-state index contributed by atoms with van der Waals surface area (Å²) in [5.74, 6) is 0.841. The Hall–Kier alpha value is -2.63. The SMILES string of the molecule is COc1ccc(-c2[nH]ncc2CNC[C@H](OC)c2ccccc2)cc1. The van der Waals surface area contributed by atoms with E-state index in [-0.39, 0.29) is 6.10 Å². The van der Waals surface area contributed by atoms with Crippen LogP contribution < -0.4 is 10.1 Å². The summed E-state index contributed by atoms with van der Waals surface area (Å²) in [6.07, 6.45) is 1.88. The Kier molecular flexibility index (Phi) is 5.82. The molecule has 0 aliphatic heterocycles. The number of nitrogens with zero attached hydrogens (tertiary/aromatic N) is 1. The van der Waals surface area contributed by atoms with Crippen molar-refractivity contribution >= 4 is 0 Å². The molecule has 0 aliphatic rings. The zero-order chi connectivity index (χ0) is 17.5. The normalized spacial score (nSPS) is 12.1. The second-order valence-corrected chi connectivity index (χ2v) is 5.76.